The van der Waals surface area contributed by atoms with E-state index in [0.29, 0.717) is 12.1 Å². The van der Waals surface area contributed by atoms with E-state index in [4.69, 9.17) is 4.74 Å². The van der Waals surface area contributed by atoms with Gasteiger partial charge in [-0.2, -0.15) is 26.3 Å². The monoisotopic (exact) mass is 357 g/mol. The molecule has 0 aliphatic heterocycles. The van der Waals surface area contributed by atoms with Gasteiger partial charge in [0.05, 0.1) is 11.1 Å². The van der Waals surface area contributed by atoms with E-state index in [9.17, 15) is 31.1 Å². The molecule has 136 valence electrons. The Kier molecular flexibility index (Phi) is 5.47. The van der Waals surface area contributed by atoms with Gasteiger partial charge in [0.1, 0.15) is 5.60 Å². The molecule has 0 saturated heterocycles. The minimum atomic E-state index is -4.93. The van der Waals surface area contributed by atoms with Crippen molar-refractivity contribution in [3.63, 3.8) is 0 Å². The number of carbonyl (C=O) groups excluding carboxylic acids is 1. The molecule has 0 aliphatic carbocycles. The molecule has 0 unspecified atom stereocenters. The average molecular weight is 357 g/mol. The molecule has 1 aromatic carbocycles. The molecular weight excluding hydrogens is 340 g/mol. The summed E-state index contributed by atoms with van der Waals surface area (Å²) in [7, 11) is 1.22. The van der Waals surface area contributed by atoms with Gasteiger partial charge in [-0.15, -0.1) is 0 Å². The predicted octanol–water partition coefficient (Wildman–Crippen LogP) is 5.09. The largest absolute Gasteiger partial charge is 0.444 e. The lowest BCUT2D eigenvalue weighted by Gasteiger charge is -2.25. The summed E-state index contributed by atoms with van der Waals surface area (Å²) >= 11 is 0. The number of hydrogen-bond donors (Lipinski definition) is 0. The molecule has 0 saturated carbocycles. The number of alkyl halides is 6. The van der Waals surface area contributed by atoms with Crippen LogP contribution < -0.4 is 0 Å². The van der Waals surface area contributed by atoms with E-state index in [1.54, 1.807) is 20.8 Å². The van der Waals surface area contributed by atoms with E-state index in [1.807, 2.05) is 0 Å². The van der Waals surface area contributed by atoms with Crippen molar-refractivity contribution in [3.05, 3.63) is 34.9 Å². The maximum atomic E-state index is 12.8. The second kappa shape index (κ2) is 6.52. The second-order valence-electron chi connectivity index (χ2n) is 6.25. The van der Waals surface area contributed by atoms with Gasteiger partial charge in [0, 0.05) is 13.6 Å². The lowest BCUT2D eigenvalue weighted by molar-refractivity contribution is -0.143. The summed E-state index contributed by atoms with van der Waals surface area (Å²) < 4.78 is 81.7. The lowest BCUT2D eigenvalue weighted by atomic mass is 10.0. The van der Waals surface area contributed by atoms with Gasteiger partial charge in [-0.3, -0.25) is 0 Å². The molecule has 0 atom stereocenters. The molecule has 1 rings (SSSR count). The Balaban J connectivity index is 3.13. The van der Waals surface area contributed by atoms with Crippen molar-refractivity contribution in [2.75, 3.05) is 7.05 Å². The first-order valence-corrected chi connectivity index (χ1v) is 6.82. The summed E-state index contributed by atoms with van der Waals surface area (Å²) in [5.41, 5.74) is -3.99. The van der Waals surface area contributed by atoms with Crippen LogP contribution in [0, 0.1) is 0 Å². The van der Waals surface area contributed by atoms with Crippen molar-refractivity contribution >= 4 is 6.09 Å². The first-order chi connectivity index (χ1) is 10.6. The van der Waals surface area contributed by atoms with Crippen molar-refractivity contribution in [1.29, 1.82) is 0 Å². The van der Waals surface area contributed by atoms with Crippen molar-refractivity contribution in [2.45, 2.75) is 45.3 Å². The third-order valence-electron chi connectivity index (χ3n) is 2.77. The smallest absolute Gasteiger partial charge is 0.416 e. The molecule has 0 bridgehead atoms. The van der Waals surface area contributed by atoms with E-state index in [2.05, 4.69) is 0 Å². The highest BCUT2D eigenvalue weighted by Gasteiger charge is 2.37. The molecule has 3 nitrogen and oxygen atoms in total. The molecule has 0 fully saturated rings. The van der Waals surface area contributed by atoms with Gasteiger partial charge in [0.25, 0.3) is 0 Å². The molecule has 9 heteroatoms. The number of benzene rings is 1. The minimum absolute atomic E-state index is 0.0387. The topological polar surface area (TPSA) is 29.5 Å². The average Bonchev–Trinajstić information content (AvgIpc) is 2.34. The van der Waals surface area contributed by atoms with Crippen LogP contribution >= 0.6 is 0 Å². The number of halogens is 6. The third-order valence-corrected chi connectivity index (χ3v) is 2.77. The molecule has 0 spiro atoms. The summed E-state index contributed by atoms with van der Waals surface area (Å²) in [6.45, 7) is 4.31. The Hall–Kier alpha value is -1.93. The number of carbonyl (C=O) groups is 1. The van der Waals surface area contributed by atoms with Gasteiger partial charge in [0.15, 0.2) is 0 Å². The SMILES string of the molecule is CN(Cc1cc(C(F)(F)F)cc(C(F)(F)F)c1)C(=O)OC(C)(C)C. The summed E-state index contributed by atoms with van der Waals surface area (Å²) in [5.74, 6) is 0. The first kappa shape index (κ1) is 20.1. The quantitative estimate of drug-likeness (QED) is 0.690. The van der Waals surface area contributed by atoms with Crippen LogP contribution in [0.1, 0.15) is 37.5 Å². The van der Waals surface area contributed by atoms with E-state index >= 15 is 0 Å². The second-order valence-corrected chi connectivity index (χ2v) is 6.25. The fourth-order valence-electron chi connectivity index (χ4n) is 1.79. The van der Waals surface area contributed by atoms with Gasteiger partial charge in [0.2, 0.25) is 0 Å². The molecule has 0 radical (unpaired) electrons. The van der Waals surface area contributed by atoms with Crippen LogP contribution in [-0.4, -0.2) is 23.6 Å². The summed E-state index contributed by atoms with van der Waals surface area (Å²) in [6.07, 6.45) is -10.7. The van der Waals surface area contributed by atoms with Crippen LogP contribution in [0.25, 0.3) is 0 Å². The number of amides is 1. The van der Waals surface area contributed by atoms with Crippen molar-refractivity contribution < 1.29 is 35.9 Å². The van der Waals surface area contributed by atoms with E-state index in [1.165, 1.54) is 7.05 Å². The van der Waals surface area contributed by atoms with Crippen LogP contribution in [-0.2, 0) is 23.6 Å². The van der Waals surface area contributed by atoms with Gasteiger partial charge in [-0.25, -0.2) is 4.79 Å². The normalized spacial score (nSPS) is 12.9. The maximum Gasteiger partial charge on any atom is 0.416 e. The molecule has 1 amide bonds. The van der Waals surface area contributed by atoms with Crippen LogP contribution in [0.3, 0.4) is 0 Å². The van der Waals surface area contributed by atoms with E-state index in [0.717, 1.165) is 4.90 Å². The first-order valence-electron chi connectivity index (χ1n) is 6.82. The highest BCUT2D eigenvalue weighted by Crippen LogP contribution is 2.36. The van der Waals surface area contributed by atoms with Gasteiger partial charge in [-0.05, 0) is 44.5 Å². The zero-order valence-corrected chi connectivity index (χ0v) is 13.5. The molecule has 0 aromatic heterocycles. The van der Waals surface area contributed by atoms with Crippen LogP contribution in [0.15, 0.2) is 18.2 Å². The van der Waals surface area contributed by atoms with Crippen LogP contribution in [0.4, 0.5) is 31.1 Å². The Morgan fingerprint density at radius 2 is 1.38 bits per heavy atom. The minimum Gasteiger partial charge on any atom is -0.444 e. The molecule has 0 heterocycles. The van der Waals surface area contributed by atoms with E-state index in [-0.39, 0.29) is 11.6 Å². The van der Waals surface area contributed by atoms with E-state index < -0.39 is 41.7 Å². The molecule has 1 aromatic rings. The van der Waals surface area contributed by atoms with Crippen molar-refractivity contribution in [2.24, 2.45) is 0 Å². The van der Waals surface area contributed by atoms with Gasteiger partial charge >= 0.3 is 18.4 Å². The van der Waals surface area contributed by atoms with Gasteiger partial charge in [-0.1, -0.05) is 0 Å². The summed E-state index contributed by atoms with van der Waals surface area (Å²) in [4.78, 5) is 12.7. The lowest BCUT2D eigenvalue weighted by Crippen LogP contribution is -2.33. The van der Waals surface area contributed by atoms with Crippen molar-refractivity contribution in [3.8, 4) is 0 Å². The predicted molar refractivity (Wildman–Crippen MR) is 74.1 cm³/mol. The number of ether oxygens (including phenoxy) is 1. The zero-order chi connectivity index (χ0) is 18.9. The fraction of sp³-hybridized carbons (Fsp3) is 0.533. The van der Waals surface area contributed by atoms with Gasteiger partial charge < -0.3 is 9.64 Å². The summed E-state index contributed by atoms with van der Waals surface area (Å²) in [5, 5.41) is 0. The number of rotatable bonds is 2. The molecule has 0 N–H and O–H groups in total. The molecule has 24 heavy (non-hydrogen) atoms. The standard InChI is InChI=1S/C15H17F6NO2/c1-13(2,3)24-12(23)22(4)8-9-5-10(14(16,17)18)7-11(6-9)15(19,20)21/h5-7H,8H2,1-4H3. The highest BCUT2D eigenvalue weighted by molar-refractivity contribution is 5.67. The maximum absolute atomic E-state index is 12.8. The van der Waals surface area contributed by atoms with Crippen LogP contribution in [0.2, 0.25) is 0 Å². The Morgan fingerprint density at radius 1 is 0.958 bits per heavy atom. The molecular formula is C15H17F6NO2. The summed E-state index contributed by atoms with van der Waals surface area (Å²) in [6, 6.07) is 1.20. The Morgan fingerprint density at radius 3 is 1.71 bits per heavy atom. The Labute approximate surface area is 135 Å². The van der Waals surface area contributed by atoms with Crippen LogP contribution in [0.5, 0.6) is 0 Å². The highest BCUT2D eigenvalue weighted by atomic mass is 19.4. The number of hydrogen-bond acceptors (Lipinski definition) is 2. The van der Waals surface area contributed by atoms with Crippen molar-refractivity contribution in [1.82, 2.24) is 4.90 Å². The third kappa shape index (κ3) is 5.93. The molecule has 0 aliphatic rings. The fourth-order valence-corrected chi connectivity index (χ4v) is 1.79. The Bertz CT molecular complexity index is 569. The number of nitrogens with zero attached hydrogens (tertiary/aromatic N) is 1. The zero-order valence-electron chi connectivity index (χ0n) is 13.5.